The second-order valence-corrected chi connectivity index (χ2v) is 3.98. The molecule has 1 aromatic rings. The van der Waals surface area contributed by atoms with Crippen molar-refractivity contribution in [2.75, 3.05) is 20.3 Å². The van der Waals surface area contributed by atoms with Crippen LogP contribution in [0.5, 0.6) is 11.5 Å². The monoisotopic (exact) mass is 267 g/mol. The number of methoxy groups -OCH3 is 1. The Labute approximate surface area is 113 Å². The summed E-state index contributed by atoms with van der Waals surface area (Å²) in [7, 11) is 1.58. The molecule has 0 spiro atoms. The molecule has 106 valence electrons. The maximum Gasteiger partial charge on any atom is 0.323 e. The highest BCUT2D eigenvalue weighted by Gasteiger charge is 2.16. The summed E-state index contributed by atoms with van der Waals surface area (Å²) in [4.78, 5) is 11.5. The minimum absolute atomic E-state index is 0.332. The Morgan fingerprint density at radius 2 is 2.00 bits per heavy atom. The van der Waals surface area contributed by atoms with E-state index in [-0.39, 0.29) is 0 Å². The average molecular weight is 267 g/mol. The summed E-state index contributed by atoms with van der Waals surface area (Å²) in [6, 6.07) is 4.84. The largest absolute Gasteiger partial charge is 0.493 e. The van der Waals surface area contributed by atoms with Crippen LogP contribution in [0.15, 0.2) is 18.2 Å². The maximum absolute atomic E-state index is 11.5. The standard InChI is InChI=1S/C14H21NO4/c1-4-18-12-7-6-10(9-13(12)17-3)8-11(15)14(16)19-5-2/h6-7,9,11H,4-5,8,15H2,1-3H3. The lowest BCUT2D eigenvalue weighted by Crippen LogP contribution is -2.34. The molecule has 0 saturated carbocycles. The van der Waals surface area contributed by atoms with E-state index < -0.39 is 12.0 Å². The van der Waals surface area contributed by atoms with Crippen LogP contribution in [0.25, 0.3) is 0 Å². The van der Waals surface area contributed by atoms with Gasteiger partial charge in [0.2, 0.25) is 0 Å². The molecule has 0 bridgehead atoms. The van der Waals surface area contributed by atoms with Gasteiger partial charge in [-0.25, -0.2) is 0 Å². The van der Waals surface area contributed by atoms with E-state index in [4.69, 9.17) is 19.9 Å². The summed E-state index contributed by atoms with van der Waals surface area (Å²) >= 11 is 0. The average Bonchev–Trinajstić information content (AvgIpc) is 2.41. The second-order valence-electron chi connectivity index (χ2n) is 3.98. The molecule has 0 aliphatic rings. The Morgan fingerprint density at radius 1 is 1.26 bits per heavy atom. The van der Waals surface area contributed by atoms with E-state index in [1.807, 2.05) is 25.1 Å². The number of hydrogen-bond acceptors (Lipinski definition) is 5. The van der Waals surface area contributed by atoms with Gasteiger partial charge in [0.25, 0.3) is 0 Å². The van der Waals surface area contributed by atoms with Crippen LogP contribution in [0.2, 0.25) is 0 Å². The van der Waals surface area contributed by atoms with Crippen molar-refractivity contribution in [3.05, 3.63) is 23.8 Å². The molecule has 1 rings (SSSR count). The smallest absolute Gasteiger partial charge is 0.323 e. The number of esters is 1. The minimum Gasteiger partial charge on any atom is -0.493 e. The van der Waals surface area contributed by atoms with Crippen LogP contribution in [0, 0.1) is 0 Å². The minimum atomic E-state index is -0.664. The molecule has 0 aliphatic carbocycles. The van der Waals surface area contributed by atoms with Crippen molar-refractivity contribution >= 4 is 5.97 Å². The van der Waals surface area contributed by atoms with Crippen molar-refractivity contribution < 1.29 is 19.0 Å². The first-order valence-corrected chi connectivity index (χ1v) is 6.34. The summed E-state index contributed by atoms with van der Waals surface area (Å²) in [5.74, 6) is 0.921. The van der Waals surface area contributed by atoms with Gasteiger partial charge in [0, 0.05) is 0 Å². The first-order valence-electron chi connectivity index (χ1n) is 6.34. The van der Waals surface area contributed by atoms with Gasteiger partial charge >= 0.3 is 5.97 Å². The zero-order valence-corrected chi connectivity index (χ0v) is 11.6. The van der Waals surface area contributed by atoms with Crippen LogP contribution in [0.4, 0.5) is 0 Å². The van der Waals surface area contributed by atoms with E-state index in [1.165, 1.54) is 0 Å². The third kappa shape index (κ3) is 4.44. The SMILES string of the molecule is CCOC(=O)C(N)Cc1ccc(OCC)c(OC)c1. The van der Waals surface area contributed by atoms with Crippen molar-refractivity contribution in [3.63, 3.8) is 0 Å². The van der Waals surface area contributed by atoms with E-state index in [1.54, 1.807) is 14.0 Å². The molecule has 0 amide bonds. The highest BCUT2D eigenvalue weighted by atomic mass is 16.5. The van der Waals surface area contributed by atoms with Gasteiger partial charge in [-0.3, -0.25) is 4.79 Å². The van der Waals surface area contributed by atoms with Gasteiger partial charge in [-0.1, -0.05) is 6.07 Å². The lowest BCUT2D eigenvalue weighted by molar-refractivity contribution is -0.144. The number of benzene rings is 1. The van der Waals surface area contributed by atoms with Gasteiger partial charge in [-0.15, -0.1) is 0 Å². The molecule has 1 atom stereocenters. The van der Waals surface area contributed by atoms with Crippen LogP contribution in [-0.4, -0.2) is 32.3 Å². The Balaban J connectivity index is 2.76. The lowest BCUT2D eigenvalue weighted by atomic mass is 10.1. The van der Waals surface area contributed by atoms with Gasteiger partial charge in [0.05, 0.1) is 20.3 Å². The number of nitrogens with two attached hydrogens (primary N) is 1. The molecule has 5 heteroatoms. The Morgan fingerprint density at radius 3 is 2.58 bits per heavy atom. The molecular formula is C14H21NO4. The quantitative estimate of drug-likeness (QED) is 0.758. The predicted octanol–water partition coefficient (Wildman–Crippen LogP) is 1.53. The molecule has 0 fully saturated rings. The van der Waals surface area contributed by atoms with Crippen LogP contribution in [0.1, 0.15) is 19.4 Å². The van der Waals surface area contributed by atoms with Crippen molar-refractivity contribution in [2.45, 2.75) is 26.3 Å². The van der Waals surface area contributed by atoms with E-state index in [9.17, 15) is 4.79 Å². The van der Waals surface area contributed by atoms with E-state index >= 15 is 0 Å². The first-order chi connectivity index (χ1) is 9.12. The maximum atomic E-state index is 11.5. The number of carbonyl (C=O) groups excluding carboxylic acids is 1. The summed E-state index contributed by atoms with van der Waals surface area (Å²) in [6.45, 7) is 4.56. The lowest BCUT2D eigenvalue weighted by Gasteiger charge is -2.13. The second kappa shape index (κ2) is 7.63. The van der Waals surface area contributed by atoms with Crippen LogP contribution in [-0.2, 0) is 16.0 Å². The highest BCUT2D eigenvalue weighted by Crippen LogP contribution is 2.28. The number of ether oxygens (including phenoxy) is 3. The van der Waals surface area contributed by atoms with Crippen molar-refractivity contribution in [1.82, 2.24) is 0 Å². The first kappa shape index (κ1) is 15.3. The fourth-order valence-corrected chi connectivity index (χ4v) is 1.70. The van der Waals surface area contributed by atoms with Gasteiger partial charge in [-0.05, 0) is 38.0 Å². The fourth-order valence-electron chi connectivity index (χ4n) is 1.70. The highest BCUT2D eigenvalue weighted by molar-refractivity contribution is 5.75. The molecule has 5 nitrogen and oxygen atoms in total. The van der Waals surface area contributed by atoms with E-state index in [0.717, 1.165) is 5.56 Å². The molecule has 0 heterocycles. The van der Waals surface area contributed by atoms with Crippen molar-refractivity contribution in [3.8, 4) is 11.5 Å². The zero-order chi connectivity index (χ0) is 14.3. The number of hydrogen-bond donors (Lipinski definition) is 1. The molecule has 0 aromatic heterocycles. The van der Waals surface area contributed by atoms with Gasteiger partial charge < -0.3 is 19.9 Å². The summed E-state index contributed by atoms with van der Waals surface area (Å²) in [5, 5.41) is 0. The summed E-state index contributed by atoms with van der Waals surface area (Å²) in [6.07, 6.45) is 0.404. The molecule has 0 radical (unpaired) electrons. The molecule has 1 aromatic carbocycles. The summed E-state index contributed by atoms with van der Waals surface area (Å²) < 4.78 is 15.5. The topological polar surface area (TPSA) is 70.8 Å². The number of rotatable bonds is 7. The molecule has 1 unspecified atom stereocenters. The molecule has 0 aliphatic heterocycles. The van der Waals surface area contributed by atoms with E-state index in [0.29, 0.717) is 31.1 Å². The van der Waals surface area contributed by atoms with Crippen molar-refractivity contribution in [2.24, 2.45) is 5.73 Å². The normalized spacial score (nSPS) is 11.8. The van der Waals surface area contributed by atoms with Gasteiger partial charge in [-0.2, -0.15) is 0 Å². The Bertz CT molecular complexity index is 420. The van der Waals surface area contributed by atoms with Crippen LogP contribution >= 0.6 is 0 Å². The number of carbonyl (C=O) groups is 1. The van der Waals surface area contributed by atoms with E-state index in [2.05, 4.69) is 0 Å². The Kier molecular flexibility index (Phi) is 6.15. The zero-order valence-electron chi connectivity index (χ0n) is 11.6. The fraction of sp³-hybridized carbons (Fsp3) is 0.500. The molecular weight excluding hydrogens is 246 g/mol. The van der Waals surface area contributed by atoms with Gasteiger partial charge in [0.15, 0.2) is 11.5 Å². The third-order valence-electron chi connectivity index (χ3n) is 2.57. The van der Waals surface area contributed by atoms with Gasteiger partial charge in [0.1, 0.15) is 6.04 Å². The van der Waals surface area contributed by atoms with Crippen LogP contribution in [0.3, 0.4) is 0 Å². The molecule has 0 saturated heterocycles. The molecule has 19 heavy (non-hydrogen) atoms. The van der Waals surface area contributed by atoms with Crippen LogP contribution < -0.4 is 15.2 Å². The third-order valence-corrected chi connectivity index (χ3v) is 2.57. The molecule has 2 N–H and O–H groups in total. The summed E-state index contributed by atoms with van der Waals surface area (Å²) in [5.41, 5.74) is 6.68. The Hall–Kier alpha value is -1.75. The van der Waals surface area contributed by atoms with Crippen molar-refractivity contribution in [1.29, 1.82) is 0 Å². The predicted molar refractivity (Wildman–Crippen MR) is 72.5 cm³/mol.